The van der Waals surface area contributed by atoms with Gasteiger partial charge in [0, 0.05) is 36.1 Å². The molecule has 2 aromatic carbocycles. The quantitative estimate of drug-likeness (QED) is 0.745. The fourth-order valence-electron chi connectivity index (χ4n) is 2.58. The second-order valence-electron chi connectivity index (χ2n) is 5.85. The fraction of sp³-hybridized carbons (Fsp3) is 0.235. The molecular formula is C17H20ClN3O3S. The lowest BCUT2D eigenvalue weighted by atomic mass is 10.1. The molecule has 0 saturated heterocycles. The van der Waals surface area contributed by atoms with Crippen LogP contribution in [0.1, 0.15) is 11.3 Å². The molecule has 25 heavy (non-hydrogen) atoms. The number of halogens is 1. The molecule has 0 fully saturated rings. The van der Waals surface area contributed by atoms with Gasteiger partial charge in [-0.3, -0.25) is 0 Å². The highest BCUT2D eigenvalue weighted by Gasteiger charge is 2.22. The molecule has 1 aromatic heterocycles. The Morgan fingerprint density at radius 2 is 1.68 bits per heavy atom. The van der Waals surface area contributed by atoms with E-state index >= 15 is 0 Å². The molecule has 0 spiro atoms. The summed E-state index contributed by atoms with van der Waals surface area (Å²) in [4.78, 5) is 2.16. The molecule has 3 rings (SSSR count). The molecule has 0 aliphatic heterocycles. The Kier molecular flexibility index (Phi) is 5.29. The van der Waals surface area contributed by atoms with Crippen LogP contribution in [-0.2, 0) is 10.0 Å². The third kappa shape index (κ3) is 3.43. The SMILES string of the molecule is Cc1noc(NS(=O)(=O)c2cccc3c(N(C)C)cccc23)c1C.Cl. The lowest BCUT2D eigenvalue weighted by molar-refractivity contribution is 0.430. The zero-order valence-electron chi connectivity index (χ0n) is 14.4. The average molecular weight is 382 g/mol. The standard InChI is InChI=1S/C17H19N3O3S.ClH/c1-11-12(2)18-23-17(11)19-24(21,22)16-10-6-7-13-14(16)8-5-9-15(13)20(3)4;/h5-10,19H,1-4H3;1H. The Balaban J connectivity index is 0.00000225. The maximum absolute atomic E-state index is 12.8. The first-order valence-electron chi connectivity index (χ1n) is 7.46. The van der Waals surface area contributed by atoms with Gasteiger partial charge in [-0.05, 0) is 26.0 Å². The van der Waals surface area contributed by atoms with E-state index in [1.54, 1.807) is 32.0 Å². The van der Waals surface area contributed by atoms with Gasteiger partial charge < -0.3 is 9.42 Å². The summed E-state index contributed by atoms with van der Waals surface area (Å²) in [6.45, 7) is 3.52. The van der Waals surface area contributed by atoms with Gasteiger partial charge in [0.25, 0.3) is 10.0 Å². The molecule has 0 radical (unpaired) electrons. The predicted octanol–water partition coefficient (Wildman–Crippen LogP) is 3.73. The van der Waals surface area contributed by atoms with Crippen LogP contribution in [0.5, 0.6) is 0 Å². The molecule has 134 valence electrons. The number of nitrogens with one attached hydrogen (secondary N) is 1. The Labute approximate surface area is 153 Å². The lowest BCUT2D eigenvalue weighted by Gasteiger charge is -2.17. The Bertz CT molecular complexity index is 1010. The molecule has 0 aliphatic carbocycles. The van der Waals surface area contributed by atoms with Gasteiger partial charge in [-0.1, -0.05) is 29.4 Å². The van der Waals surface area contributed by atoms with E-state index in [4.69, 9.17) is 4.52 Å². The van der Waals surface area contributed by atoms with Gasteiger partial charge in [0.2, 0.25) is 5.88 Å². The molecule has 6 nitrogen and oxygen atoms in total. The number of aryl methyl sites for hydroxylation is 1. The number of benzene rings is 2. The van der Waals surface area contributed by atoms with Crippen molar-refractivity contribution in [3.8, 4) is 0 Å². The lowest BCUT2D eigenvalue weighted by Crippen LogP contribution is -2.14. The minimum atomic E-state index is -3.79. The van der Waals surface area contributed by atoms with Crippen molar-refractivity contribution in [2.75, 3.05) is 23.7 Å². The topological polar surface area (TPSA) is 75.4 Å². The summed E-state index contributed by atoms with van der Waals surface area (Å²) >= 11 is 0. The first kappa shape index (κ1) is 19.1. The molecule has 1 N–H and O–H groups in total. The second kappa shape index (κ2) is 6.93. The summed E-state index contributed by atoms with van der Waals surface area (Å²) in [6.07, 6.45) is 0. The van der Waals surface area contributed by atoms with E-state index in [1.165, 1.54) is 0 Å². The highest BCUT2D eigenvalue weighted by molar-refractivity contribution is 7.93. The van der Waals surface area contributed by atoms with Crippen molar-refractivity contribution < 1.29 is 12.9 Å². The molecule has 3 aromatic rings. The van der Waals surface area contributed by atoms with Crippen LogP contribution >= 0.6 is 12.4 Å². The van der Waals surface area contributed by atoms with E-state index in [2.05, 4.69) is 9.88 Å². The molecule has 0 bridgehead atoms. The molecule has 0 unspecified atom stereocenters. The monoisotopic (exact) mass is 381 g/mol. The van der Waals surface area contributed by atoms with Crippen LogP contribution in [0.3, 0.4) is 0 Å². The minimum Gasteiger partial charge on any atom is -0.377 e. The van der Waals surface area contributed by atoms with E-state index in [0.717, 1.165) is 11.1 Å². The molecule has 0 amide bonds. The average Bonchev–Trinajstić information content (AvgIpc) is 2.85. The van der Waals surface area contributed by atoms with E-state index < -0.39 is 10.0 Å². The number of aromatic nitrogens is 1. The summed E-state index contributed by atoms with van der Waals surface area (Å²) in [6, 6.07) is 10.8. The number of anilines is 2. The molecular weight excluding hydrogens is 362 g/mol. The van der Waals surface area contributed by atoms with Crippen molar-refractivity contribution in [1.82, 2.24) is 5.16 Å². The van der Waals surface area contributed by atoms with Gasteiger partial charge in [-0.15, -0.1) is 12.4 Å². The van der Waals surface area contributed by atoms with Crippen molar-refractivity contribution in [2.45, 2.75) is 18.7 Å². The Morgan fingerprint density at radius 1 is 1.04 bits per heavy atom. The van der Waals surface area contributed by atoms with Crippen LogP contribution in [0.15, 0.2) is 45.8 Å². The molecule has 8 heteroatoms. The highest BCUT2D eigenvalue weighted by Crippen LogP contribution is 2.31. The molecule has 0 aliphatic rings. The maximum atomic E-state index is 12.8. The smallest absolute Gasteiger partial charge is 0.264 e. The number of rotatable bonds is 4. The summed E-state index contributed by atoms with van der Waals surface area (Å²) in [5.41, 5.74) is 2.28. The van der Waals surface area contributed by atoms with E-state index in [0.29, 0.717) is 16.6 Å². The molecule has 1 heterocycles. The van der Waals surface area contributed by atoms with Gasteiger partial charge in [0.15, 0.2) is 0 Å². The number of nitrogens with zero attached hydrogens (tertiary/aromatic N) is 2. The van der Waals surface area contributed by atoms with Gasteiger partial charge in [0.05, 0.1) is 10.6 Å². The Hall–Kier alpha value is -2.25. The second-order valence-corrected chi connectivity index (χ2v) is 7.50. The summed E-state index contributed by atoms with van der Waals surface area (Å²) < 4.78 is 33.3. The first-order valence-corrected chi connectivity index (χ1v) is 8.94. The van der Waals surface area contributed by atoms with E-state index in [9.17, 15) is 8.42 Å². The fourth-order valence-corrected chi connectivity index (χ4v) is 3.85. The first-order chi connectivity index (χ1) is 11.3. The number of sulfonamides is 1. The van der Waals surface area contributed by atoms with Crippen LogP contribution in [0.4, 0.5) is 11.6 Å². The number of hydrogen-bond donors (Lipinski definition) is 1. The van der Waals surface area contributed by atoms with Crippen molar-refractivity contribution in [3.05, 3.63) is 47.7 Å². The predicted molar refractivity (Wildman–Crippen MR) is 102 cm³/mol. The third-order valence-electron chi connectivity index (χ3n) is 4.01. The van der Waals surface area contributed by atoms with Gasteiger partial charge in [-0.2, -0.15) is 0 Å². The van der Waals surface area contributed by atoms with Crippen LogP contribution in [0.25, 0.3) is 10.8 Å². The number of fused-ring (bicyclic) bond motifs is 1. The van der Waals surface area contributed by atoms with Crippen molar-refractivity contribution >= 4 is 44.8 Å². The van der Waals surface area contributed by atoms with Crippen molar-refractivity contribution in [2.24, 2.45) is 0 Å². The largest absolute Gasteiger partial charge is 0.377 e. The molecule has 0 saturated carbocycles. The van der Waals surface area contributed by atoms with Crippen LogP contribution in [0, 0.1) is 13.8 Å². The van der Waals surface area contributed by atoms with E-state index in [1.807, 2.05) is 37.2 Å². The van der Waals surface area contributed by atoms with Crippen LogP contribution in [0.2, 0.25) is 0 Å². The summed E-state index contributed by atoms with van der Waals surface area (Å²) in [5.74, 6) is 0.147. The van der Waals surface area contributed by atoms with Crippen molar-refractivity contribution in [3.63, 3.8) is 0 Å². The maximum Gasteiger partial charge on any atom is 0.264 e. The summed E-state index contributed by atoms with van der Waals surface area (Å²) in [7, 11) is 0.0571. The van der Waals surface area contributed by atoms with Crippen LogP contribution in [-0.4, -0.2) is 27.7 Å². The Morgan fingerprint density at radius 3 is 2.28 bits per heavy atom. The van der Waals surface area contributed by atoms with E-state index in [-0.39, 0.29) is 23.2 Å². The zero-order valence-corrected chi connectivity index (χ0v) is 16.0. The third-order valence-corrected chi connectivity index (χ3v) is 5.40. The minimum absolute atomic E-state index is 0. The highest BCUT2D eigenvalue weighted by atomic mass is 35.5. The van der Waals surface area contributed by atoms with Crippen molar-refractivity contribution in [1.29, 1.82) is 0 Å². The van der Waals surface area contributed by atoms with Gasteiger partial charge in [0.1, 0.15) is 0 Å². The van der Waals surface area contributed by atoms with Crippen LogP contribution < -0.4 is 9.62 Å². The summed E-state index contributed by atoms with van der Waals surface area (Å²) in [5, 5.41) is 5.31. The van der Waals surface area contributed by atoms with Gasteiger partial charge in [-0.25, -0.2) is 13.1 Å². The zero-order chi connectivity index (χ0) is 17.5. The van der Waals surface area contributed by atoms with Gasteiger partial charge >= 0.3 is 0 Å². The number of hydrogen-bond acceptors (Lipinski definition) is 5. The molecule has 0 atom stereocenters. The normalized spacial score (nSPS) is 11.2.